The molecule has 0 spiro atoms. The Labute approximate surface area is 208 Å². The molecular formula is C25H24ClN3O3S2. The second-order valence-corrected chi connectivity index (χ2v) is 11.3. The van der Waals surface area contributed by atoms with Crippen LogP contribution in [-0.2, 0) is 26.0 Å². The third-order valence-electron chi connectivity index (χ3n) is 5.81. The standard InChI is InChI=1S/C25H24ClN3O3S2/c1-3-19(23(30)27-15-18-9-5-4-6-10-18)21-16-33-24(29-21)25(13-8-14-28-25)34(31,32)22-12-7-11-20(26)17(22)2/h4-14,16,19H,3,15H2,1-2H3,(H,27,30). The molecule has 2 heterocycles. The smallest absolute Gasteiger partial charge is 0.235 e. The zero-order valence-corrected chi connectivity index (χ0v) is 21.1. The van der Waals surface area contributed by atoms with Crippen molar-refractivity contribution in [3.63, 3.8) is 0 Å². The molecular weight excluding hydrogens is 490 g/mol. The van der Waals surface area contributed by atoms with Crippen LogP contribution in [0.2, 0.25) is 5.02 Å². The van der Waals surface area contributed by atoms with Crippen LogP contribution in [0.15, 0.2) is 76.0 Å². The molecule has 0 aliphatic carbocycles. The highest BCUT2D eigenvalue weighted by Crippen LogP contribution is 2.43. The highest BCUT2D eigenvalue weighted by molar-refractivity contribution is 7.92. The van der Waals surface area contributed by atoms with Crippen molar-refractivity contribution >= 4 is 44.9 Å². The second kappa shape index (κ2) is 9.82. The molecule has 3 aromatic rings. The van der Waals surface area contributed by atoms with Crippen molar-refractivity contribution in [3.05, 3.63) is 92.9 Å². The molecule has 1 N–H and O–H groups in total. The van der Waals surface area contributed by atoms with Crippen LogP contribution in [0.3, 0.4) is 0 Å². The Morgan fingerprint density at radius 1 is 1.18 bits per heavy atom. The fraction of sp³-hybridized carbons (Fsp3) is 0.240. The Morgan fingerprint density at radius 3 is 2.62 bits per heavy atom. The lowest BCUT2D eigenvalue weighted by Gasteiger charge is -2.23. The lowest BCUT2D eigenvalue weighted by molar-refractivity contribution is -0.122. The van der Waals surface area contributed by atoms with Gasteiger partial charge >= 0.3 is 0 Å². The highest BCUT2D eigenvalue weighted by atomic mass is 35.5. The first-order valence-electron chi connectivity index (χ1n) is 10.8. The molecule has 1 aliphatic heterocycles. The number of rotatable bonds is 8. The van der Waals surface area contributed by atoms with Crippen molar-refractivity contribution in [2.24, 2.45) is 4.99 Å². The number of amides is 1. The number of nitrogens with one attached hydrogen (secondary N) is 1. The topological polar surface area (TPSA) is 88.5 Å². The predicted molar refractivity (Wildman–Crippen MR) is 136 cm³/mol. The number of nitrogens with zero attached hydrogens (tertiary/aromatic N) is 2. The number of aromatic nitrogens is 1. The molecule has 0 saturated carbocycles. The molecule has 2 atom stereocenters. The normalized spacial score (nSPS) is 18.2. The highest BCUT2D eigenvalue weighted by Gasteiger charge is 2.48. The van der Waals surface area contributed by atoms with Gasteiger partial charge in [0.25, 0.3) is 0 Å². The maximum atomic E-state index is 13.8. The van der Waals surface area contributed by atoms with E-state index in [0.29, 0.717) is 34.3 Å². The maximum Gasteiger partial charge on any atom is 0.235 e. The number of aliphatic imine (C=N–C) groups is 1. The largest absolute Gasteiger partial charge is 0.351 e. The van der Waals surface area contributed by atoms with E-state index in [2.05, 4.69) is 15.3 Å². The maximum absolute atomic E-state index is 13.8. The summed E-state index contributed by atoms with van der Waals surface area (Å²) in [6.07, 6.45) is 5.11. The number of hydrogen-bond acceptors (Lipinski definition) is 6. The van der Waals surface area contributed by atoms with Gasteiger partial charge in [0.15, 0.2) is 0 Å². The minimum Gasteiger partial charge on any atom is -0.351 e. The van der Waals surface area contributed by atoms with Gasteiger partial charge in [-0.1, -0.05) is 54.9 Å². The number of carbonyl (C=O) groups excluding carboxylic acids is 1. The van der Waals surface area contributed by atoms with Crippen LogP contribution in [0.4, 0.5) is 0 Å². The summed E-state index contributed by atoms with van der Waals surface area (Å²) in [6, 6.07) is 14.4. The first-order valence-corrected chi connectivity index (χ1v) is 13.5. The van der Waals surface area contributed by atoms with Crippen molar-refractivity contribution in [1.82, 2.24) is 10.3 Å². The molecule has 6 nitrogen and oxygen atoms in total. The van der Waals surface area contributed by atoms with Crippen LogP contribution >= 0.6 is 22.9 Å². The van der Waals surface area contributed by atoms with E-state index in [1.54, 1.807) is 30.5 Å². The quantitative estimate of drug-likeness (QED) is 0.449. The molecule has 9 heteroatoms. The minimum absolute atomic E-state index is 0.105. The fourth-order valence-corrected chi connectivity index (χ4v) is 7.30. The molecule has 176 valence electrons. The van der Waals surface area contributed by atoms with Crippen molar-refractivity contribution in [1.29, 1.82) is 0 Å². The Bertz CT molecular complexity index is 1350. The van der Waals surface area contributed by atoms with Gasteiger partial charge in [-0.05, 0) is 48.8 Å². The molecule has 0 bridgehead atoms. The van der Waals surface area contributed by atoms with E-state index < -0.39 is 20.6 Å². The molecule has 1 aromatic heterocycles. The third-order valence-corrected chi connectivity index (χ3v) is 9.61. The van der Waals surface area contributed by atoms with Crippen molar-refractivity contribution in [2.75, 3.05) is 0 Å². The van der Waals surface area contributed by atoms with E-state index in [4.69, 9.17) is 11.6 Å². The van der Waals surface area contributed by atoms with Gasteiger partial charge in [0, 0.05) is 23.2 Å². The zero-order valence-electron chi connectivity index (χ0n) is 18.7. The molecule has 0 saturated heterocycles. The summed E-state index contributed by atoms with van der Waals surface area (Å²) in [4.78, 5) is 20.3. The molecule has 34 heavy (non-hydrogen) atoms. The summed E-state index contributed by atoms with van der Waals surface area (Å²) in [7, 11) is -4.01. The molecule has 2 aromatic carbocycles. The Kier molecular flexibility index (Phi) is 7.02. The Hall–Kier alpha value is -2.81. The van der Waals surface area contributed by atoms with Crippen LogP contribution < -0.4 is 5.32 Å². The number of thiazole rings is 1. The number of halogens is 1. The Morgan fingerprint density at radius 2 is 1.94 bits per heavy atom. The number of allylic oxidation sites excluding steroid dienone is 1. The van der Waals surface area contributed by atoms with Gasteiger partial charge in [-0.2, -0.15) is 0 Å². The number of sulfone groups is 1. The first-order chi connectivity index (χ1) is 16.3. The SMILES string of the molecule is CCC(C(=O)NCc1ccccc1)c1csc(C2(S(=O)(=O)c3cccc(Cl)c3C)C=CC=N2)n1. The van der Waals surface area contributed by atoms with Crippen molar-refractivity contribution < 1.29 is 13.2 Å². The lowest BCUT2D eigenvalue weighted by Crippen LogP contribution is -2.32. The summed E-state index contributed by atoms with van der Waals surface area (Å²) in [6.45, 7) is 3.98. The van der Waals surface area contributed by atoms with Crippen LogP contribution in [-0.4, -0.2) is 25.5 Å². The van der Waals surface area contributed by atoms with Gasteiger partial charge < -0.3 is 5.32 Å². The number of carbonyl (C=O) groups is 1. The summed E-state index contributed by atoms with van der Waals surface area (Å²) < 4.78 is 27.7. The van der Waals surface area contributed by atoms with E-state index in [9.17, 15) is 13.2 Å². The van der Waals surface area contributed by atoms with Gasteiger partial charge in [-0.25, -0.2) is 13.4 Å². The monoisotopic (exact) mass is 513 g/mol. The number of benzene rings is 2. The van der Waals surface area contributed by atoms with Gasteiger partial charge in [0.05, 0.1) is 16.5 Å². The molecule has 1 amide bonds. The zero-order chi connectivity index (χ0) is 24.3. The molecule has 0 radical (unpaired) electrons. The van der Waals surface area contributed by atoms with Crippen LogP contribution in [0.5, 0.6) is 0 Å². The minimum atomic E-state index is -4.01. The average Bonchev–Trinajstić information content (AvgIpc) is 3.52. The van der Waals surface area contributed by atoms with Gasteiger partial charge in [-0.15, -0.1) is 11.3 Å². The number of hydrogen-bond donors (Lipinski definition) is 1. The van der Waals surface area contributed by atoms with Crippen LogP contribution in [0.1, 0.15) is 41.1 Å². The van der Waals surface area contributed by atoms with Crippen LogP contribution in [0, 0.1) is 6.92 Å². The average molecular weight is 514 g/mol. The first kappa shape index (κ1) is 24.3. The molecule has 4 rings (SSSR count). The molecule has 0 fully saturated rings. The molecule has 2 unspecified atom stereocenters. The van der Waals surface area contributed by atoms with Crippen molar-refractivity contribution in [2.45, 2.75) is 42.5 Å². The van der Waals surface area contributed by atoms with Gasteiger partial charge in [0.2, 0.25) is 20.6 Å². The van der Waals surface area contributed by atoms with E-state index in [1.165, 1.54) is 29.7 Å². The molecule has 1 aliphatic rings. The van der Waals surface area contributed by atoms with Gasteiger partial charge in [0.1, 0.15) is 5.01 Å². The van der Waals surface area contributed by atoms with E-state index >= 15 is 0 Å². The third kappa shape index (κ3) is 4.33. The fourth-order valence-electron chi connectivity index (χ4n) is 3.86. The summed E-state index contributed by atoms with van der Waals surface area (Å²) in [5, 5.41) is 5.36. The lowest BCUT2D eigenvalue weighted by atomic mass is 10.0. The second-order valence-electron chi connectivity index (χ2n) is 7.94. The summed E-state index contributed by atoms with van der Waals surface area (Å²) in [5.41, 5.74) is 1.99. The van der Waals surface area contributed by atoms with Gasteiger partial charge in [-0.3, -0.25) is 9.79 Å². The van der Waals surface area contributed by atoms with E-state index in [0.717, 1.165) is 5.56 Å². The van der Waals surface area contributed by atoms with E-state index in [-0.39, 0.29) is 10.8 Å². The Balaban J connectivity index is 1.65. The summed E-state index contributed by atoms with van der Waals surface area (Å²) >= 11 is 7.40. The van der Waals surface area contributed by atoms with Crippen LogP contribution in [0.25, 0.3) is 0 Å². The predicted octanol–water partition coefficient (Wildman–Crippen LogP) is 5.18. The van der Waals surface area contributed by atoms with Crippen molar-refractivity contribution in [3.8, 4) is 0 Å². The van der Waals surface area contributed by atoms with E-state index in [1.807, 2.05) is 37.3 Å². The summed E-state index contributed by atoms with van der Waals surface area (Å²) in [5.74, 6) is -0.660.